The lowest BCUT2D eigenvalue weighted by atomic mass is 9.97. The molecule has 1 aromatic carbocycles. The van der Waals surface area contributed by atoms with Crippen molar-refractivity contribution in [2.75, 3.05) is 24.5 Å². The number of benzene rings is 1. The number of fused-ring (bicyclic) bond motifs is 1. The van der Waals surface area contributed by atoms with E-state index in [4.69, 9.17) is 4.98 Å². The molecule has 0 saturated carbocycles. The first-order valence-electron chi connectivity index (χ1n) is 9.92. The van der Waals surface area contributed by atoms with E-state index in [0.29, 0.717) is 19.0 Å². The fourth-order valence-electron chi connectivity index (χ4n) is 3.85. The third-order valence-electron chi connectivity index (χ3n) is 5.38. The molecule has 0 radical (unpaired) electrons. The van der Waals surface area contributed by atoms with Gasteiger partial charge in [-0.25, -0.2) is 15.0 Å². The van der Waals surface area contributed by atoms with E-state index in [9.17, 15) is 4.79 Å². The van der Waals surface area contributed by atoms with Crippen molar-refractivity contribution in [1.82, 2.24) is 24.8 Å². The molecule has 1 fully saturated rings. The van der Waals surface area contributed by atoms with Crippen LogP contribution in [0.1, 0.15) is 25.1 Å². The highest BCUT2D eigenvalue weighted by Gasteiger charge is 2.26. The summed E-state index contributed by atoms with van der Waals surface area (Å²) < 4.78 is 2.13. The summed E-state index contributed by atoms with van der Waals surface area (Å²) in [7, 11) is 2.05. The lowest BCUT2D eigenvalue weighted by Gasteiger charge is -2.31. The predicted molar refractivity (Wildman–Crippen MR) is 109 cm³/mol. The molecule has 1 aliphatic rings. The minimum atomic E-state index is -0.00620. The van der Waals surface area contributed by atoms with Gasteiger partial charge in [-0.3, -0.25) is 4.79 Å². The molecule has 1 atom stereocenters. The Bertz CT molecular complexity index is 938. The number of imidazole rings is 1. The number of rotatable bonds is 6. The van der Waals surface area contributed by atoms with Crippen LogP contribution in [-0.4, -0.2) is 45.1 Å². The Hall–Kier alpha value is -2.96. The van der Waals surface area contributed by atoms with Crippen LogP contribution in [0.2, 0.25) is 0 Å². The highest BCUT2D eigenvalue weighted by atomic mass is 16.1. The number of para-hydroxylation sites is 2. The van der Waals surface area contributed by atoms with Crippen LogP contribution >= 0.6 is 0 Å². The first-order chi connectivity index (χ1) is 13.7. The van der Waals surface area contributed by atoms with Gasteiger partial charge >= 0.3 is 0 Å². The summed E-state index contributed by atoms with van der Waals surface area (Å²) in [6.45, 7) is 2.25. The third kappa shape index (κ3) is 3.98. The Kier molecular flexibility index (Phi) is 5.50. The van der Waals surface area contributed by atoms with Crippen molar-refractivity contribution in [3.8, 4) is 0 Å². The Balaban J connectivity index is 1.26. The van der Waals surface area contributed by atoms with Crippen molar-refractivity contribution < 1.29 is 4.79 Å². The summed E-state index contributed by atoms with van der Waals surface area (Å²) in [5.41, 5.74) is 2.17. The molecule has 1 aliphatic heterocycles. The van der Waals surface area contributed by atoms with Gasteiger partial charge in [0.15, 0.2) is 0 Å². The first kappa shape index (κ1) is 18.4. The van der Waals surface area contributed by atoms with Crippen molar-refractivity contribution in [2.45, 2.75) is 25.7 Å². The predicted octanol–water partition coefficient (Wildman–Crippen LogP) is 2.33. The Morgan fingerprint density at radius 2 is 2.04 bits per heavy atom. The van der Waals surface area contributed by atoms with Gasteiger partial charge in [0, 0.05) is 45.5 Å². The minimum absolute atomic E-state index is 0.00620. The third-order valence-corrected chi connectivity index (χ3v) is 5.38. The van der Waals surface area contributed by atoms with Gasteiger partial charge in [-0.2, -0.15) is 0 Å². The second-order valence-corrected chi connectivity index (χ2v) is 7.30. The molecular weight excluding hydrogens is 352 g/mol. The molecule has 7 nitrogen and oxygen atoms in total. The van der Waals surface area contributed by atoms with Crippen molar-refractivity contribution >= 4 is 22.9 Å². The van der Waals surface area contributed by atoms with Crippen molar-refractivity contribution in [3.05, 3.63) is 48.5 Å². The lowest BCUT2D eigenvalue weighted by Crippen LogP contribution is -2.44. The molecule has 0 spiro atoms. The van der Waals surface area contributed by atoms with Crippen LogP contribution in [-0.2, 0) is 18.3 Å². The van der Waals surface area contributed by atoms with E-state index in [1.165, 1.54) is 0 Å². The van der Waals surface area contributed by atoms with Crippen molar-refractivity contribution in [1.29, 1.82) is 0 Å². The normalized spacial score (nSPS) is 17.0. The van der Waals surface area contributed by atoms with E-state index >= 15 is 0 Å². The molecule has 3 aromatic rings. The number of carbonyl (C=O) groups is 1. The Morgan fingerprint density at radius 1 is 1.21 bits per heavy atom. The number of aryl methyl sites for hydroxylation is 2. The van der Waals surface area contributed by atoms with Crippen LogP contribution in [0.4, 0.5) is 5.95 Å². The molecule has 146 valence electrons. The van der Waals surface area contributed by atoms with Crippen molar-refractivity contribution in [3.63, 3.8) is 0 Å². The zero-order valence-corrected chi connectivity index (χ0v) is 16.2. The molecule has 0 aliphatic carbocycles. The number of nitrogens with one attached hydrogen (secondary N) is 1. The van der Waals surface area contributed by atoms with Gasteiger partial charge in [0.25, 0.3) is 0 Å². The van der Waals surface area contributed by atoms with Crippen LogP contribution in [0.25, 0.3) is 11.0 Å². The molecule has 28 heavy (non-hydrogen) atoms. The summed E-state index contributed by atoms with van der Waals surface area (Å²) >= 11 is 0. The Labute approximate surface area is 164 Å². The molecule has 0 unspecified atom stereocenters. The summed E-state index contributed by atoms with van der Waals surface area (Å²) in [6.07, 6.45) is 7.11. The first-order valence-corrected chi connectivity index (χ1v) is 9.92. The summed E-state index contributed by atoms with van der Waals surface area (Å²) in [5, 5.41) is 3.10. The van der Waals surface area contributed by atoms with Gasteiger partial charge in [-0.15, -0.1) is 0 Å². The smallest absolute Gasteiger partial charge is 0.225 e. The maximum atomic E-state index is 12.6. The number of anilines is 1. The van der Waals surface area contributed by atoms with Gasteiger partial charge in [0.1, 0.15) is 5.82 Å². The maximum absolute atomic E-state index is 12.6. The van der Waals surface area contributed by atoms with Gasteiger partial charge in [-0.05, 0) is 37.5 Å². The maximum Gasteiger partial charge on any atom is 0.225 e. The number of piperidine rings is 1. The van der Waals surface area contributed by atoms with Gasteiger partial charge in [-0.1, -0.05) is 12.1 Å². The monoisotopic (exact) mass is 378 g/mol. The van der Waals surface area contributed by atoms with Crippen LogP contribution in [0, 0.1) is 5.92 Å². The van der Waals surface area contributed by atoms with Crippen LogP contribution in [0.15, 0.2) is 42.7 Å². The van der Waals surface area contributed by atoms with E-state index in [1.54, 1.807) is 12.4 Å². The van der Waals surface area contributed by atoms with E-state index in [1.807, 2.05) is 31.3 Å². The zero-order valence-electron chi connectivity index (χ0n) is 16.2. The number of hydrogen-bond acceptors (Lipinski definition) is 5. The van der Waals surface area contributed by atoms with E-state index < -0.39 is 0 Å². The summed E-state index contributed by atoms with van der Waals surface area (Å²) in [4.78, 5) is 28.0. The lowest BCUT2D eigenvalue weighted by molar-refractivity contribution is -0.125. The van der Waals surface area contributed by atoms with Gasteiger partial charge in [0.2, 0.25) is 11.9 Å². The molecule has 1 saturated heterocycles. The van der Waals surface area contributed by atoms with E-state index in [2.05, 4.69) is 30.8 Å². The fraction of sp³-hybridized carbons (Fsp3) is 0.429. The molecule has 0 bridgehead atoms. The fourth-order valence-corrected chi connectivity index (χ4v) is 3.85. The number of amides is 1. The number of aromatic nitrogens is 4. The van der Waals surface area contributed by atoms with Crippen molar-refractivity contribution in [2.24, 2.45) is 13.0 Å². The van der Waals surface area contributed by atoms with Gasteiger partial charge in [0.05, 0.1) is 17.0 Å². The van der Waals surface area contributed by atoms with E-state index in [-0.39, 0.29) is 11.8 Å². The van der Waals surface area contributed by atoms with Gasteiger partial charge < -0.3 is 14.8 Å². The minimum Gasteiger partial charge on any atom is -0.356 e. The van der Waals surface area contributed by atoms with Crippen LogP contribution < -0.4 is 10.2 Å². The van der Waals surface area contributed by atoms with Crippen LogP contribution in [0.5, 0.6) is 0 Å². The topological polar surface area (TPSA) is 75.9 Å². The highest BCUT2D eigenvalue weighted by molar-refractivity contribution is 5.79. The Morgan fingerprint density at radius 3 is 2.86 bits per heavy atom. The second-order valence-electron chi connectivity index (χ2n) is 7.30. The van der Waals surface area contributed by atoms with E-state index in [0.717, 1.165) is 49.1 Å². The SMILES string of the molecule is Cn1c(CCCNC(=O)[C@@H]2CCCN(c3ncccn3)C2)nc2ccccc21. The molecule has 3 heterocycles. The highest BCUT2D eigenvalue weighted by Crippen LogP contribution is 2.20. The number of hydrogen-bond donors (Lipinski definition) is 1. The standard InChI is InChI=1S/C21H26N6O/c1-26-18-9-3-2-8-17(18)25-19(26)10-4-11-22-20(28)16-7-5-14-27(15-16)21-23-12-6-13-24-21/h2-3,6,8-9,12-13,16H,4-5,7,10-11,14-15H2,1H3,(H,22,28)/t16-/m1/s1. The zero-order chi connectivity index (χ0) is 19.3. The molecule has 2 aromatic heterocycles. The van der Waals surface area contributed by atoms with Crippen LogP contribution in [0.3, 0.4) is 0 Å². The molecule has 7 heteroatoms. The summed E-state index contributed by atoms with van der Waals surface area (Å²) in [6, 6.07) is 9.96. The number of carbonyl (C=O) groups excluding carboxylic acids is 1. The quantitative estimate of drug-likeness (QED) is 0.666. The molecule has 1 amide bonds. The second kappa shape index (κ2) is 8.37. The average Bonchev–Trinajstić information content (AvgIpc) is 3.07. The molecular formula is C21H26N6O. The average molecular weight is 378 g/mol. The largest absolute Gasteiger partial charge is 0.356 e. The molecule has 4 rings (SSSR count). The summed E-state index contributed by atoms with van der Waals surface area (Å²) in [5.74, 6) is 1.89. The number of nitrogens with zero attached hydrogens (tertiary/aromatic N) is 5. The molecule has 1 N–H and O–H groups in total.